The van der Waals surface area contributed by atoms with Gasteiger partial charge in [-0.05, 0) is 12.8 Å². The minimum atomic E-state index is -3.69. The lowest BCUT2D eigenvalue weighted by Crippen LogP contribution is -2.24. The zero-order valence-electron chi connectivity index (χ0n) is 7.65. The van der Waals surface area contributed by atoms with E-state index in [4.69, 9.17) is 10.7 Å². The van der Waals surface area contributed by atoms with E-state index in [2.05, 4.69) is 0 Å². The molecule has 1 rings (SSSR count). The Hall–Kier alpha value is 0.190. The van der Waals surface area contributed by atoms with Gasteiger partial charge in [0.1, 0.15) is 0 Å². The van der Waals surface area contributed by atoms with Crippen molar-refractivity contribution in [3.8, 4) is 0 Å². The van der Waals surface area contributed by atoms with Gasteiger partial charge in [-0.2, -0.15) is 0 Å². The molecular weight excluding hydrogens is 248 g/mol. The third kappa shape index (κ3) is 3.74. The van der Waals surface area contributed by atoms with Crippen LogP contribution in [-0.4, -0.2) is 33.6 Å². The Kier molecular flexibility index (Phi) is 3.82. The van der Waals surface area contributed by atoms with Crippen molar-refractivity contribution in [1.82, 2.24) is 0 Å². The summed E-state index contributed by atoms with van der Waals surface area (Å²) in [6, 6.07) is 0. The fraction of sp³-hybridized carbons (Fsp3) is 1.00. The minimum Gasteiger partial charge on any atom is -0.229 e. The van der Waals surface area contributed by atoms with Crippen molar-refractivity contribution in [2.45, 2.75) is 30.9 Å². The summed E-state index contributed by atoms with van der Waals surface area (Å²) in [6.45, 7) is 0. The summed E-state index contributed by atoms with van der Waals surface area (Å²) in [7, 11) is -2.00. The van der Waals surface area contributed by atoms with Crippen molar-refractivity contribution >= 4 is 29.6 Å². The van der Waals surface area contributed by atoms with Crippen molar-refractivity contribution < 1.29 is 16.8 Å². The molecule has 0 bridgehead atoms. The van der Waals surface area contributed by atoms with Gasteiger partial charge in [-0.15, -0.1) is 0 Å². The fourth-order valence-corrected chi connectivity index (χ4v) is 5.31. The lowest BCUT2D eigenvalue weighted by Gasteiger charge is -2.09. The van der Waals surface area contributed by atoms with Gasteiger partial charge in [0, 0.05) is 10.7 Å². The lowest BCUT2D eigenvalue weighted by atomic mass is 10.4. The molecule has 0 spiro atoms. The Bertz CT molecular complexity index is 378. The van der Waals surface area contributed by atoms with E-state index in [1.807, 2.05) is 0 Å². The second kappa shape index (κ2) is 4.37. The summed E-state index contributed by atoms with van der Waals surface area (Å²) in [4.78, 5) is 0. The maximum Gasteiger partial charge on any atom is 0.233 e. The second-order valence-corrected chi connectivity index (χ2v) is 8.81. The Balaban J connectivity index is 2.58. The van der Waals surface area contributed by atoms with E-state index in [0.29, 0.717) is 12.8 Å². The van der Waals surface area contributed by atoms with Crippen LogP contribution in [0.4, 0.5) is 0 Å². The summed E-state index contributed by atoms with van der Waals surface area (Å²) < 4.78 is 44.3. The molecule has 7 heteroatoms. The van der Waals surface area contributed by atoms with Crippen LogP contribution in [-0.2, 0) is 18.9 Å². The molecule has 0 aromatic carbocycles. The number of rotatable bonds is 4. The van der Waals surface area contributed by atoms with Crippen LogP contribution >= 0.6 is 10.7 Å². The van der Waals surface area contributed by atoms with E-state index in [0.717, 1.165) is 12.8 Å². The van der Waals surface area contributed by atoms with E-state index in [1.165, 1.54) is 0 Å². The van der Waals surface area contributed by atoms with Crippen LogP contribution in [0.2, 0.25) is 0 Å². The molecule has 0 aliphatic heterocycles. The Morgan fingerprint density at radius 3 is 1.93 bits per heavy atom. The van der Waals surface area contributed by atoms with Crippen LogP contribution in [0.1, 0.15) is 25.7 Å². The molecule has 1 saturated carbocycles. The van der Waals surface area contributed by atoms with E-state index in [9.17, 15) is 16.8 Å². The van der Waals surface area contributed by atoms with E-state index in [1.54, 1.807) is 0 Å². The van der Waals surface area contributed by atoms with Gasteiger partial charge in [0.25, 0.3) is 0 Å². The largest absolute Gasteiger partial charge is 0.233 e. The predicted molar refractivity (Wildman–Crippen MR) is 55.7 cm³/mol. The first-order valence-corrected chi connectivity index (χ1v) is 8.64. The Morgan fingerprint density at radius 1 is 1.00 bits per heavy atom. The van der Waals surface area contributed by atoms with Gasteiger partial charge in [-0.25, -0.2) is 16.8 Å². The third-order valence-electron chi connectivity index (χ3n) is 2.42. The first-order chi connectivity index (χ1) is 6.31. The standard InChI is InChI=1S/C7H13ClO4S2/c8-14(11,12)6-5-13(9,10)7-3-1-2-4-7/h7H,1-6H2. The van der Waals surface area contributed by atoms with E-state index >= 15 is 0 Å². The highest BCUT2D eigenvalue weighted by Crippen LogP contribution is 2.25. The molecule has 4 nitrogen and oxygen atoms in total. The van der Waals surface area contributed by atoms with Gasteiger partial charge in [0.05, 0.1) is 16.8 Å². The van der Waals surface area contributed by atoms with Crippen molar-refractivity contribution in [2.24, 2.45) is 0 Å². The molecule has 14 heavy (non-hydrogen) atoms. The SMILES string of the molecule is O=S(=O)(Cl)CCS(=O)(=O)C1CCCC1. The van der Waals surface area contributed by atoms with Crippen LogP contribution < -0.4 is 0 Å². The summed E-state index contributed by atoms with van der Waals surface area (Å²) >= 11 is 0. The molecule has 1 fully saturated rings. The van der Waals surface area contributed by atoms with Crippen LogP contribution in [0.3, 0.4) is 0 Å². The highest BCUT2D eigenvalue weighted by atomic mass is 35.7. The number of sulfone groups is 1. The molecule has 1 aliphatic carbocycles. The molecule has 0 saturated heterocycles. The molecule has 0 radical (unpaired) electrons. The average molecular weight is 261 g/mol. The Labute approximate surface area is 89.0 Å². The van der Waals surface area contributed by atoms with Crippen molar-refractivity contribution in [3.63, 3.8) is 0 Å². The second-order valence-electron chi connectivity index (χ2n) is 3.52. The summed E-state index contributed by atoms with van der Waals surface area (Å²) in [5, 5.41) is -0.346. The molecular formula is C7H13ClO4S2. The summed E-state index contributed by atoms with van der Waals surface area (Å²) in [6.07, 6.45) is 3.14. The maximum atomic E-state index is 11.6. The zero-order chi connectivity index (χ0) is 10.8. The topological polar surface area (TPSA) is 68.3 Å². The van der Waals surface area contributed by atoms with Gasteiger partial charge in [-0.1, -0.05) is 12.8 Å². The van der Waals surface area contributed by atoms with E-state index in [-0.39, 0.29) is 11.0 Å². The Morgan fingerprint density at radius 2 is 1.50 bits per heavy atom. The van der Waals surface area contributed by atoms with Gasteiger partial charge in [0.2, 0.25) is 9.05 Å². The van der Waals surface area contributed by atoms with Gasteiger partial charge in [0.15, 0.2) is 9.84 Å². The zero-order valence-corrected chi connectivity index (χ0v) is 10.0. The smallest absolute Gasteiger partial charge is 0.229 e. The molecule has 0 amide bonds. The molecule has 0 atom stereocenters. The van der Waals surface area contributed by atoms with Crippen molar-refractivity contribution in [1.29, 1.82) is 0 Å². The molecule has 1 aliphatic rings. The molecule has 0 aromatic rings. The first kappa shape index (κ1) is 12.3. The highest BCUT2D eigenvalue weighted by Gasteiger charge is 2.29. The summed E-state index contributed by atoms with van der Waals surface area (Å²) in [5.74, 6) is -0.823. The lowest BCUT2D eigenvalue weighted by molar-refractivity contribution is 0.578. The number of hydrogen-bond acceptors (Lipinski definition) is 4. The van der Waals surface area contributed by atoms with Crippen LogP contribution in [0.15, 0.2) is 0 Å². The van der Waals surface area contributed by atoms with Gasteiger partial charge >= 0.3 is 0 Å². The molecule has 0 unspecified atom stereocenters. The van der Waals surface area contributed by atoms with Gasteiger partial charge in [-0.3, -0.25) is 0 Å². The molecule has 0 aromatic heterocycles. The third-order valence-corrected chi connectivity index (χ3v) is 6.10. The number of hydrogen-bond donors (Lipinski definition) is 0. The maximum absolute atomic E-state index is 11.6. The van der Waals surface area contributed by atoms with Crippen LogP contribution in [0, 0.1) is 0 Å². The van der Waals surface area contributed by atoms with Crippen molar-refractivity contribution in [3.05, 3.63) is 0 Å². The monoisotopic (exact) mass is 260 g/mol. The van der Waals surface area contributed by atoms with Gasteiger partial charge < -0.3 is 0 Å². The number of halogens is 1. The van der Waals surface area contributed by atoms with Crippen LogP contribution in [0.25, 0.3) is 0 Å². The molecule has 0 N–H and O–H groups in total. The van der Waals surface area contributed by atoms with Crippen LogP contribution in [0.5, 0.6) is 0 Å². The van der Waals surface area contributed by atoms with E-state index < -0.39 is 24.6 Å². The highest BCUT2D eigenvalue weighted by molar-refractivity contribution is 8.14. The average Bonchev–Trinajstić information content (AvgIpc) is 2.52. The summed E-state index contributed by atoms with van der Waals surface area (Å²) in [5.41, 5.74) is 0. The quantitative estimate of drug-likeness (QED) is 0.705. The fourth-order valence-electron chi connectivity index (χ4n) is 1.63. The normalized spacial score (nSPS) is 20.1. The molecule has 0 heterocycles. The van der Waals surface area contributed by atoms with Crippen molar-refractivity contribution in [2.75, 3.05) is 11.5 Å². The predicted octanol–water partition coefficient (Wildman–Crippen LogP) is 0.912. The first-order valence-electron chi connectivity index (χ1n) is 4.45. The minimum absolute atomic E-state index is 0.344. The molecule has 84 valence electrons.